The molecule has 0 radical (unpaired) electrons. The van der Waals surface area contributed by atoms with E-state index in [-0.39, 0.29) is 34.8 Å². The summed E-state index contributed by atoms with van der Waals surface area (Å²) in [5.41, 5.74) is 5.13. The summed E-state index contributed by atoms with van der Waals surface area (Å²) in [6, 6.07) is 7.13. The Bertz CT molecular complexity index is 1350. The number of pyridine rings is 1. The minimum atomic E-state index is -1.12. The summed E-state index contributed by atoms with van der Waals surface area (Å²) in [4.78, 5) is 27.0. The van der Waals surface area contributed by atoms with Gasteiger partial charge in [-0.2, -0.15) is 0 Å². The van der Waals surface area contributed by atoms with Crippen LogP contribution in [0.5, 0.6) is 0 Å². The molecule has 1 amide bonds. The number of fused-ring (bicyclic) bond motifs is 1. The number of aromatic nitrogens is 1. The molecule has 4 atom stereocenters. The van der Waals surface area contributed by atoms with Crippen LogP contribution in [0.15, 0.2) is 41.5 Å². The number of aliphatic hydroxyl groups is 1. The summed E-state index contributed by atoms with van der Waals surface area (Å²) < 4.78 is 29.2. The molecule has 2 aromatic rings. The molecule has 1 aromatic heterocycles. The molecular formula is C26H25F2N5O2S. The zero-order valence-corrected chi connectivity index (χ0v) is 20.6. The number of thioether (sulfide) groups is 1. The van der Waals surface area contributed by atoms with E-state index in [1.165, 1.54) is 54.4 Å². The first-order valence-corrected chi connectivity index (χ1v) is 12.4. The lowest BCUT2D eigenvalue weighted by Crippen LogP contribution is -2.46. The van der Waals surface area contributed by atoms with Gasteiger partial charge in [0.25, 0.3) is 0 Å². The number of nitrogens with zero attached hydrogens (tertiary/aromatic N) is 4. The SMILES string of the molecule is [C-]#[N+]c1ccc(/C(F)=C/c2ccc(F)c([C@@]3(C)N=C(N)S[C@@]4(C(=O)N5CC[C@@](C)(O)C5)C[C@H]43)c2)nc1. The maximum absolute atomic E-state index is 15.2. The van der Waals surface area contributed by atoms with E-state index in [1.54, 1.807) is 18.7 Å². The second kappa shape index (κ2) is 8.39. The number of hydrogen-bond acceptors (Lipinski definition) is 6. The number of carbonyl (C=O) groups excluding carboxylic acids is 1. The fourth-order valence-corrected chi connectivity index (χ4v) is 6.72. The van der Waals surface area contributed by atoms with Gasteiger partial charge < -0.3 is 15.7 Å². The zero-order chi connectivity index (χ0) is 25.9. The number of β-amino-alcohol motifs (C(OH)–C–C–N with tert-alkyl or cyclic N) is 1. The van der Waals surface area contributed by atoms with Gasteiger partial charge in [0.15, 0.2) is 5.17 Å². The fourth-order valence-electron chi connectivity index (χ4n) is 5.27. The monoisotopic (exact) mass is 509 g/mol. The van der Waals surface area contributed by atoms with Crippen LogP contribution in [0.1, 0.15) is 43.5 Å². The summed E-state index contributed by atoms with van der Waals surface area (Å²) >= 11 is 1.21. The Morgan fingerprint density at radius 3 is 2.78 bits per heavy atom. The van der Waals surface area contributed by atoms with Crippen molar-refractivity contribution in [2.75, 3.05) is 13.1 Å². The van der Waals surface area contributed by atoms with Gasteiger partial charge >= 0.3 is 0 Å². The van der Waals surface area contributed by atoms with Crippen LogP contribution in [0.3, 0.4) is 0 Å². The van der Waals surface area contributed by atoms with Gasteiger partial charge in [-0.1, -0.05) is 23.9 Å². The Balaban J connectivity index is 1.47. The van der Waals surface area contributed by atoms with Crippen molar-refractivity contribution >= 4 is 40.4 Å². The topological polar surface area (TPSA) is 96.2 Å². The van der Waals surface area contributed by atoms with Crippen LogP contribution in [-0.2, 0) is 10.3 Å². The minimum Gasteiger partial charge on any atom is -0.388 e. The highest BCUT2D eigenvalue weighted by Gasteiger charge is 2.71. The summed E-state index contributed by atoms with van der Waals surface area (Å²) in [6.45, 7) is 11.1. The van der Waals surface area contributed by atoms with Gasteiger partial charge in [0, 0.05) is 30.8 Å². The Hall–Kier alpha value is -3.29. The van der Waals surface area contributed by atoms with Crippen LogP contribution < -0.4 is 5.73 Å². The van der Waals surface area contributed by atoms with Gasteiger partial charge in [0.1, 0.15) is 16.4 Å². The lowest BCUT2D eigenvalue weighted by molar-refractivity contribution is -0.131. The van der Waals surface area contributed by atoms with Crippen molar-refractivity contribution in [2.24, 2.45) is 16.6 Å². The Labute approximate surface area is 211 Å². The number of rotatable bonds is 4. The molecule has 3 aliphatic rings. The number of aliphatic imine (C=N–C) groups is 1. The van der Waals surface area contributed by atoms with Crippen molar-refractivity contribution in [3.63, 3.8) is 0 Å². The van der Waals surface area contributed by atoms with Crippen LogP contribution in [0.25, 0.3) is 16.7 Å². The quantitative estimate of drug-likeness (QED) is 0.601. The maximum atomic E-state index is 15.2. The van der Waals surface area contributed by atoms with E-state index in [0.717, 1.165) is 0 Å². The van der Waals surface area contributed by atoms with E-state index in [9.17, 15) is 14.3 Å². The van der Waals surface area contributed by atoms with E-state index in [0.29, 0.717) is 30.6 Å². The summed E-state index contributed by atoms with van der Waals surface area (Å²) in [7, 11) is 0. The Morgan fingerprint density at radius 2 is 2.14 bits per heavy atom. The van der Waals surface area contributed by atoms with E-state index in [1.807, 2.05) is 0 Å². The van der Waals surface area contributed by atoms with Crippen LogP contribution in [0.4, 0.5) is 14.5 Å². The van der Waals surface area contributed by atoms with Gasteiger partial charge in [-0.15, -0.1) is 0 Å². The first-order chi connectivity index (χ1) is 17.0. The second-order valence-corrected chi connectivity index (χ2v) is 11.4. The Kier molecular flexibility index (Phi) is 5.69. The molecule has 0 bridgehead atoms. The minimum absolute atomic E-state index is 0.0594. The van der Waals surface area contributed by atoms with Crippen molar-refractivity contribution < 1.29 is 18.7 Å². The lowest BCUT2D eigenvalue weighted by atomic mass is 9.84. The average molecular weight is 510 g/mol. The van der Waals surface area contributed by atoms with Crippen molar-refractivity contribution in [3.8, 4) is 0 Å². The first-order valence-electron chi connectivity index (χ1n) is 11.5. The fraction of sp³-hybridized carbons (Fsp3) is 0.385. The highest BCUT2D eigenvalue weighted by molar-refractivity contribution is 8.15. The maximum Gasteiger partial charge on any atom is 0.239 e. The molecule has 2 aliphatic heterocycles. The largest absolute Gasteiger partial charge is 0.388 e. The van der Waals surface area contributed by atoms with Crippen molar-refractivity contribution in [1.82, 2.24) is 9.88 Å². The van der Waals surface area contributed by atoms with E-state index >= 15 is 4.39 Å². The number of hydrogen-bond donors (Lipinski definition) is 2. The molecule has 36 heavy (non-hydrogen) atoms. The van der Waals surface area contributed by atoms with Crippen molar-refractivity contribution in [1.29, 1.82) is 0 Å². The smallest absolute Gasteiger partial charge is 0.239 e. The van der Waals surface area contributed by atoms with Crippen LogP contribution in [0.2, 0.25) is 0 Å². The molecule has 10 heteroatoms. The third kappa shape index (κ3) is 4.06. The number of halogens is 2. The molecule has 1 aliphatic carbocycles. The molecular weight excluding hydrogens is 484 g/mol. The third-order valence-corrected chi connectivity index (χ3v) is 8.56. The molecule has 186 valence electrons. The molecule has 0 unspecified atom stereocenters. The number of nitrogens with two attached hydrogens (primary N) is 1. The van der Waals surface area contributed by atoms with Gasteiger partial charge in [-0.25, -0.2) is 13.6 Å². The molecule has 2 fully saturated rings. The molecule has 3 heterocycles. The molecule has 3 N–H and O–H groups in total. The number of amidine groups is 1. The van der Waals surface area contributed by atoms with Crippen LogP contribution >= 0.6 is 11.8 Å². The van der Waals surface area contributed by atoms with Gasteiger partial charge in [0.2, 0.25) is 11.6 Å². The van der Waals surface area contributed by atoms with E-state index < -0.39 is 27.5 Å². The number of likely N-dealkylation sites (tertiary alicyclic amines) is 1. The number of benzene rings is 1. The van der Waals surface area contributed by atoms with Gasteiger partial charge in [-0.3, -0.25) is 14.8 Å². The van der Waals surface area contributed by atoms with Gasteiger partial charge in [0.05, 0.1) is 23.4 Å². The van der Waals surface area contributed by atoms with Crippen molar-refractivity contribution in [3.05, 3.63) is 70.6 Å². The third-order valence-electron chi connectivity index (χ3n) is 7.27. The van der Waals surface area contributed by atoms with E-state index in [4.69, 9.17) is 12.3 Å². The molecule has 7 nitrogen and oxygen atoms in total. The lowest BCUT2D eigenvalue weighted by Gasteiger charge is -2.35. The summed E-state index contributed by atoms with van der Waals surface area (Å²) in [5, 5.41) is 10.5. The van der Waals surface area contributed by atoms with Crippen molar-refractivity contribution in [2.45, 2.75) is 42.6 Å². The molecule has 1 saturated heterocycles. The average Bonchev–Trinajstić information content (AvgIpc) is 3.48. The summed E-state index contributed by atoms with van der Waals surface area (Å²) in [5.74, 6) is -1.57. The second-order valence-electron chi connectivity index (χ2n) is 10.1. The normalized spacial score (nSPS) is 31.4. The van der Waals surface area contributed by atoms with E-state index in [2.05, 4.69) is 14.8 Å². The van der Waals surface area contributed by atoms with Crippen LogP contribution in [0, 0.1) is 18.3 Å². The Morgan fingerprint density at radius 1 is 1.36 bits per heavy atom. The molecule has 5 rings (SSSR count). The molecule has 0 spiro atoms. The predicted octanol–water partition coefficient (Wildman–Crippen LogP) is 4.26. The zero-order valence-electron chi connectivity index (χ0n) is 19.8. The summed E-state index contributed by atoms with van der Waals surface area (Å²) in [6.07, 6.45) is 3.50. The molecule has 1 aromatic carbocycles. The van der Waals surface area contributed by atoms with Crippen LogP contribution in [-0.4, -0.2) is 49.5 Å². The van der Waals surface area contributed by atoms with Gasteiger partial charge in [-0.05, 0) is 56.5 Å². The first kappa shape index (κ1) is 24.4. The number of carbonyl (C=O) groups is 1. The highest BCUT2D eigenvalue weighted by Crippen LogP contribution is 2.66. The predicted molar refractivity (Wildman–Crippen MR) is 135 cm³/mol. The molecule has 1 saturated carbocycles. The number of amides is 1. The standard InChI is InChI=1S/C26H25F2N5O2S/c1-24(35)8-9-33(14-24)22(34)26-12-21(26)25(2,32-23(29)36-26)17-10-15(4-6-18(17)27)11-19(28)20-7-5-16(30-3)13-31-20/h4-7,10-11,13,21,35H,8-9,12,14H2,1-2H3,(H2,29,32)/b19-11-/t21-,24+,25+,26-/m0/s1. The highest BCUT2D eigenvalue weighted by atomic mass is 32.2.